The maximum absolute atomic E-state index is 7.28. The number of nitrogens with zero attached hydrogens (tertiary/aromatic N) is 2. The van der Waals surface area contributed by atoms with E-state index in [-0.39, 0.29) is 0 Å². The topological polar surface area (TPSA) is 35.2 Å². The first kappa shape index (κ1) is 12.9. The molecular formula is C13H13BrN2O2. The predicted molar refractivity (Wildman–Crippen MR) is 73.6 cm³/mol. The smallest absolute Gasteiger partial charge is 0.272 e. The van der Waals surface area contributed by atoms with Gasteiger partial charge in [0.05, 0.1) is 18.9 Å². The summed E-state index contributed by atoms with van der Waals surface area (Å²) in [6.45, 7) is 11.6. The maximum Gasteiger partial charge on any atom is 0.272 e. The van der Waals surface area contributed by atoms with Crippen molar-refractivity contribution < 1.29 is 9.57 Å². The van der Waals surface area contributed by atoms with E-state index >= 15 is 0 Å². The van der Waals surface area contributed by atoms with E-state index in [4.69, 9.17) is 16.1 Å². The van der Waals surface area contributed by atoms with Gasteiger partial charge in [-0.1, -0.05) is 21.1 Å². The molecule has 0 radical (unpaired) electrons. The summed E-state index contributed by atoms with van der Waals surface area (Å²) in [5, 5.41) is 3.89. The number of hydrogen-bond donors (Lipinski definition) is 0. The quantitative estimate of drug-likeness (QED) is 0.468. The van der Waals surface area contributed by atoms with E-state index in [0.717, 1.165) is 28.6 Å². The van der Waals surface area contributed by atoms with E-state index in [2.05, 4.69) is 25.9 Å². The minimum atomic E-state index is 0.401. The normalized spacial score (nSPS) is 13.0. The molecule has 0 aliphatic carbocycles. The highest BCUT2D eigenvalue weighted by Gasteiger charge is 2.22. The summed E-state index contributed by atoms with van der Waals surface area (Å²) in [4.78, 5) is 8.81. The molecule has 2 rings (SSSR count). The van der Waals surface area contributed by atoms with E-state index < -0.39 is 0 Å². The van der Waals surface area contributed by atoms with Crippen LogP contribution in [0, 0.1) is 6.57 Å². The lowest BCUT2D eigenvalue weighted by molar-refractivity contribution is 0.285. The van der Waals surface area contributed by atoms with Gasteiger partial charge in [0.15, 0.2) is 5.75 Å². The van der Waals surface area contributed by atoms with Crippen molar-refractivity contribution in [2.45, 2.75) is 26.7 Å². The highest BCUT2D eigenvalue weighted by molar-refractivity contribution is 9.10. The Bertz CT molecular complexity index is 543. The fourth-order valence-corrected chi connectivity index (χ4v) is 2.35. The third-order valence-electron chi connectivity index (χ3n) is 2.52. The molecule has 0 fully saturated rings. The molecule has 0 amide bonds. The molecule has 94 valence electrons. The van der Waals surface area contributed by atoms with Crippen LogP contribution in [0.4, 0.5) is 5.69 Å². The molecule has 0 bridgehead atoms. The van der Waals surface area contributed by atoms with Gasteiger partial charge >= 0.3 is 0 Å². The van der Waals surface area contributed by atoms with Gasteiger partial charge in [-0.15, -0.1) is 0 Å². The van der Waals surface area contributed by atoms with Gasteiger partial charge in [0.2, 0.25) is 0 Å². The summed E-state index contributed by atoms with van der Waals surface area (Å²) in [5.41, 5.74) is 2.23. The first-order chi connectivity index (χ1) is 8.63. The van der Waals surface area contributed by atoms with Crippen LogP contribution in [0.2, 0.25) is 0 Å². The Hall–Kier alpha value is -1.54. The second kappa shape index (κ2) is 5.40. The molecule has 0 saturated carbocycles. The molecule has 0 saturated heterocycles. The molecule has 0 aromatic heterocycles. The van der Waals surface area contributed by atoms with Crippen molar-refractivity contribution in [3.05, 3.63) is 27.5 Å². The summed E-state index contributed by atoms with van der Waals surface area (Å²) in [5.74, 6) is 1.06. The van der Waals surface area contributed by atoms with Gasteiger partial charge in [-0.25, -0.2) is 4.85 Å². The van der Waals surface area contributed by atoms with Crippen LogP contribution in [0.25, 0.3) is 4.85 Å². The summed E-state index contributed by atoms with van der Waals surface area (Å²) in [7, 11) is 0. The van der Waals surface area contributed by atoms with Crippen molar-refractivity contribution in [3.63, 3.8) is 0 Å². The fourth-order valence-electron chi connectivity index (χ4n) is 1.76. The number of fused-ring (bicyclic) bond motifs is 1. The molecule has 1 heterocycles. The largest absolute Gasteiger partial charge is 0.504 e. The van der Waals surface area contributed by atoms with Gasteiger partial charge in [-0.2, -0.15) is 0 Å². The lowest BCUT2D eigenvalue weighted by atomic mass is 10.0. The van der Waals surface area contributed by atoms with Crippen LogP contribution in [0.3, 0.4) is 0 Å². The number of benzene rings is 1. The monoisotopic (exact) mass is 308 g/mol. The van der Waals surface area contributed by atoms with Crippen LogP contribution < -0.4 is 9.57 Å². The highest BCUT2D eigenvalue weighted by Crippen LogP contribution is 2.46. The molecule has 0 spiro atoms. The second-order valence-corrected chi connectivity index (χ2v) is 5.06. The van der Waals surface area contributed by atoms with Crippen LogP contribution in [0.5, 0.6) is 11.5 Å². The minimum Gasteiger partial charge on any atom is -0.504 e. The molecule has 1 aromatic rings. The summed E-state index contributed by atoms with van der Waals surface area (Å²) < 4.78 is 6.51. The summed E-state index contributed by atoms with van der Waals surface area (Å²) in [6.07, 6.45) is 1.88. The first-order valence-corrected chi connectivity index (χ1v) is 6.46. The molecule has 4 nitrogen and oxygen atoms in total. The Morgan fingerprint density at radius 3 is 3.00 bits per heavy atom. The fraction of sp³-hybridized carbons (Fsp3) is 0.385. The molecule has 1 aliphatic rings. The average molecular weight is 309 g/mol. The predicted octanol–water partition coefficient (Wildman–Crippen LogP) is 4.10. The molecular weight excluding hydrogens is 296 g/mol. The van der Waals surface area contributed by atoms with Crippen molar-refractivity contribution in [1.29, 1.82) is 0 Å². The van der Waals surface area contributed by atoms with E-state index in [9.17, 15) is 0 Å². The molecule has 1 aromatic carbocycles. The van der Waals surface area contributed by atoms with Crippen LogP contribution in [-0.4, -0.2) is 12.3 Å². The third-order valence-corrected chi connectivity index (χ3v) is 3.23. The average Bonchev–Trinajstić information content (AvgIpc) is 2.36. The van der Waals surface area contributed by atoms with E-state index in [1.807, 2.05) is 13.8 Å². The number of oxime groups is 1. The number of halogens is 1. The number of rotatable bonds is 2. The van der Waals surface area contributed by atoms with Gasteiger partial charge in [-0.3, -0.25) is 0 Å². The Kier molecular flexibility index (Phi) is 3.87. The zero-order chi connectivity index (χ0) is 13.1. The van der Waals surface area contributed by atoms with Crippen LogP contribution in [-0.2, 0) is 6.42 Å². The van der Waals surface area contributed by atoms with Crippen molar-refractivity contribution in [3.8, 4) is 11.5 Å². The van der Waals surface area contributed by atoms with Crippen LogP contribution in [0.1, 0.15) is 25.8 Å². The van der Waals surface area contributed by atoms with Crippen molar-refractivity contribution in [1.82, 2.24) is 0 Å². The lowest BCUT2D eigenvalue weighted by Gasteiger charge is -2.21. The highest BCUT2D eigenvalue weighted by atomic mass is 79.9. The molecule has 18 heavy (non-hydrogen) atoms. The summed E-state index contributed by atoms with van der Waals surface area (Å²) in [6, 6.07) is 1.79. The minimum absolute atomic E-state index is 0.401. The maximum atomic E-state index is 7.28. The Balaban J connectivity index is 2.51. The Morgan fingerprint density at radius 1 is 1.56 bits per heavy atom. The standard InChI is InChI=1S/C13H13BrN2O2/c1-8(2)16-18-11-7-10(14)9-5-4-6-17-13(9)12(11)15-3/h7H,4-6H2,1-2H3. The van der Waals surface area contributed by atoms with Gasteiger partial charge < -0.3 is 9.57 Å². The van der Waals surface area contributed by atoms with Crippen molar-refractivity contribution >= 4 is 27.3 Å². The Morgan fingerprint density at radius 2 is 2.33 bits per heavy atom. The van der Waals surface area contributed by atoms with E-state index in [1.54, 1.807) is 6.07 Å². The molecule has 0 atom stereocenters. The van der Waals surface area contributed by atoms with Crippen LogP contribution >= 0.6 is 15.9 Å². The lowest BCUT2D eigenvalue weighted by Crippen LogP contribution is -2.09. The summed E-state index contributed by atoms with van der Waals surface area (Å²) >= 11 is 3.49. The zero-order valence-corrected chi connectivity index (χ0v) is 11.9. The Labute approximate surface area is 115 Å². The number of hydrogen-bond acceptors (Lipinski definition) is 3. The first-order valence-electron chi connectivity index (χ1n) is 5.67. The van der Waals surface area contributed by atoms with Gasteiger partial charge in [-0.05, 0) is 38.3 Å². The molecule has 1 aliphatic heterocycles. The van der Waals surface area contributed by atoms with Gasteiger partial charge in [0.25, 0.3) is 5.69 Å². The molecule has 0 N–H and O–H groups in total. The van der Waals surface area contributed by atoms with Crippen molar-refractivity contribution in [2.75, 3.05) is 6.61 Å². The van der Waals surface area contributed by atoms with E-state index in [1.165, 1.54) is 0 Å². The zero-order valence-electron chi connectivity index (χ0n) is 10.3. The van der Waals surface area contributed by atoms with E-state index in [0.29, 0.717) is 23.8 Å². The third kappa shape index (κ3) is 2.49. The molecule has 0 unspecified atom stereocenters. The van der Waals surface area contributed by atoms with Gasteiger partial charge in [0, 0.05) is 4.47 Å². The molecule has 5 heteroatoms. The van der Waals surface area contributed by atoms with Crippen molar-refractivity contribution in [2.24, 2.45) is 5.16 Å². The van der Waals surface area contributed by atoms with Gasteiger partial charge in [0.1, 0.15) is 5.75 Å². The number of ether oxygens (including phenoxy) is 1. The van der Waals surface area contributed by atoms with Crippen LogP contribution in [0.15, 0.2) is 15.7 Å². The SMILES string of the molecule is [C-]#[N+]c1c(ON=C(C)C)cc(Br)c2c1OCCC2. The second-order valence-electron chi connectivity index (χ2n) is 4.21.